The maximum Gasteiger partial charge on any atom is 0.258 e. The number of benzene rings is 3. The number of fused-ring (bicyclic) bond motifs is 2. The van der Waals surface area contributed by atoms with Crippen molar-refractivity contribution in [3.05, 3.63) is 106 Å². The minimum atomic E-state index is -0.576. The third kappa shape index (κ3) is 3.60. The Balaban J connectivity index is 1.78. The fraction of sp³-hybridized carbons (Fsp3) is 0.154. The van der Waals surface area contributed by atoms with Crippen LogP contribution in [0, 0.1) is 5.92 Å². The van der Waals surface area contributed by atoms with Crippen LogP contribution in [0.2, 0.25) is 10.0 Å². The van der Waals surface area contributed by atoms with Crippen molar-refractivity contribution >= 4 is 46.3 Å². The molecule has 32 heavy (non-hydrogen) atoms. The third-order valence-electron chi connectivity index (χ3n) is 6.00. The molecule has 0 saturated heterocycles. The summed E-state index contributed by atoms with van der Waals surface area (Å²) in [5.74, 6) is -0.638. The van der Waals surface area contributed by atoms with Gasteiger partial charge in [0.25, 0.3) is 5.91 Å². The quantitative estimate of drug-likeness (QED) is 0.462. The van der Waals surface area contributed by atoms with Crippen LogP contribution in [-0.2, 0) is 4.79 Å². The van der Waals surface area contributed by atoms with Crippen LogP contribution >= 0.6 is 23.2 Å². The molecule has 0 spiro atoms. The number of anilines is 2. The van der Waals surface area contributed by atoms with Gasteiger partial charge in [-0.05, 0) is 48.4 Å². The van der Waals surface area contributed by atoms with Crippen molar-refractivity contribution in [2.24, 2.45) is 5.92 Å². The molecule has 0 aromatic heterocycles. The first kappa shape index (κ1) is 20.8. The van der Waals surface area contributed by atoms with E-state index in [1.807, 2.05) is 48.5 Å². The van der Waals surface area contributed by atoms with Gasteiger partial charge in [0, 0.05) is 17.7 Å². The van der Waals surface area contributed by atoms with Crippen LogP contribution in [0.4, 0.5) is 11.4 Å². The van der Waals surface area contributed by atoms with Crippen LogP contribution < -0.4 is 10.2 Å². The van der Waals surface area contributed by atoms with E-state index >= 15 is 0 Å². The van der Waals surface area contributed by atoms with Crippen molar-refractivity contribution in [1.29, 1.82) is 0 Å². The van der Waals surface area contributed by atoms with Crippen LogP contribution in [-0.4, -0.2) is 11.7 Å². The van der Waals surface area contributed by atoms with E-state index in [0.717, 1.165) is 16.9 Å². The molecule has 1 aliphatic carbocycles. The molecule has 5 rings (SSSR count). The fourth-order valence-electron chi connectivity index (χ4n) is 4.54. The van der Waals surface area contributed by atoms with Gasteiger partial charge in [-0.2, -0.15) is 0 Å². The topological polar surface area (TPSA) is 49.4 Å². The molecular formula is C26H20Cl2N2O2. The number of amides is 1. The van der Waals surface area contributed by atoms with Gasteiger partial charge in [-0.15, -0.1) is 0 Å². The largest absolute Gasteiger partial charge is 0.357 e. The third-order valence-corrected chi connectivity index (χ3v) is 6.74. The number of nitrogens with one attached hydrogen (secondary N) is 1. The summed E-state index contributed by atoms with van der Waals surface area (Å²) in [5.41, 5.74) is 3.61. The van der Waals surface area contributed by atoms with Gasteiger partial charge in [-0.3, -0.25) is 14.5 Å². The van der Waals surface area contributed by atoms with E-state index in [1.54, 1.807) is 29.2 Å². The minimum Gasteiger partial charge on any atom is -0.357 e. The summed E-state index contributed by atoms with van der Waals surface area (Å²) in [4.78, 5) is 29.0. The van der Waals surface area contributed by atoms with Crippen molar-refractivity contribution in [3.63, 3.8) is 0 Å². The second-order valence-corrected chi connectivity index (χ2v) is 8.76. The molecule has 1 aliphatic heterocycles. The summed E-state index contributed by atoms with van der Waals surface area (Å²) in [5, 5.41) is 4.25. The highest BCUT2D eigenvalue weighted by Crippen LogP contribution is 2.47. The Labute approximate surface area is 196 Å². The highest BCUT2D eigenvalue weighted by Gasteiger charge is 2.43. The van der Waals surface area contributed by atoms with E-state index in [1.165, 1.54) is 0 Å². The monoisotopic (exact) mass is 462 g/mol. The zero-order chi connectivity index (χ0) is 22.2. The normalized spacial score (nSPS) is 19.9. The summed E-state index contributed by atoms with van der Waals surface area (Å²) in [6, 6.07) is 21.5. The van der Waals surface area contributed by atoms with Gasteiger partial charge in [0.1, 0.15) is 5.78 Å². The van der Waals surface area contributed by atoms with Crippen molar-refractivity contribution in [2.75, 3.05) is 10.2 Å². The van der Waals surface area contributed by atoms with Crippen LogP contribution in [0.1, 0.15) is 34.8 Å². The van der Waals surface area contributed by atoms with E-state index in [2.05, 4.69) is 11.4 Å². The number of ketones is 1. The molecule has 2 atom stereocenters. The number of carbonyl (C=O) groups excluding carboxylic acids is 2. The smallest absolute Gasteiger partial charge is 0.258 e. The zero-order valence-electron chi connectivity index (χ0n) is 17.1. The second kappa shape index (κ2) is 8.45. The number of halogens is 2. The summed E-state index contributed by atoms with van der Waals surface area (Å²) in [7, 11) is 0. The predicted molar refractivity (Wildman–Crippen MR) is 128 cm³/mol. The standard InChI is InChI=1S/C26H20Cl2N2O2/c27-18-14-13-17(15-19(18)28)25-24-21(10-6-12-23(24)31)29-20-9-4-5-11-22(20)30(25)26(32)16-7-2-1-3-8-16/h1-5,7-11,13-15,24-25,29H,6,12H2/t24-,25+/m0/s1. The Bertz CT molecular complexity index is 1240. The van der Waals surface area contributed by atoms with Crippen LogP contribution in [0.3, 0.4) is 0 Å². The maximum atomic E-state index is 13.9. The molecule has 1 heterocycles. The second-order valence-electron chi connectivity index (χ2n) is 7.94. The lowest BCUT2D eigenvalue weighted by molar-refractivity contribution is -0.122. The number of para-hydroxylation sites is 2. The average molecular weight is 463 g/mol. The molecule has 1 amide bonds. The molecule has 1 N–H and O–H groups in total. The lowest BCUT2D eigenvalue weighted by Gasteiger charge is -2.36. The first-order valence-electron chi connectivity index (χ1n) is 10.5. The average Bonchev–Trinajstić information content (AvgIpc) is 2.96. The highest BCUT2D eigenvalue weighted by atomic mass is 35.5. The number of hydrogen-bond donors (Lipinski definition) is 1. The van der Waals surface area contributed by atoms with Crippen LogP contribution in [0.5, 0.6) is 0 Å². The Morgan fingerprint density at radius 1 is 0.938 bits per heavy atom. The van der Waals surface area contributed by atoms with Gasteiger partial charge < -0.3 is 5.32 Å². The lowest BCUT2D eigenvalue weighted by Crippen LogP contribution is -2.42. The first-order valence-corrected chi connectivity index (χ1v) is 11.2. The van der Waals surface area contributed by atoms with Gasteiger partial charge in [0.05, 0.1) is 33.4 Å². The summed E-state index contributed by atoms with van der Waals surface area (Å²) in [6.45, 7) is 0. The molecule has 0 saturated carbocycles. The van der Waals surface area contributed by atoms with Crippen molar-refractivity contribution in [3.8, 4) is 0 Å². The lowest BCUT2D eigenvalue weighted by atomic mass is 9.81. The number of carbonyl (C=O) groups is 2. The summed E-state index contributed by atoms with van der Waals surface area (Å²) in [6.07, 6.45) is 3.15. The Hall–Kier alpha value is -3.08. The SMILES string of the molecule is O=C1CCC=C2Nc3ccccc3N(C(=O)c3ccccc3)[C@H](c3ccc(Cl)c(Cl)c3)[C@H]12. The predicted octanol–water partition coefficient (Wildman–Crippen LogP) is 6.67. The van der Waals surface area contributed by atoms with Gasteiger partial charge in [0.15, 0.2) is 0 Å². The molecule has 6 heteroatoms. The number of nitrogens with zero attached hydrogens (tertiary/aromatic N) is 1. The molecule has 0 fully saturated rings. The van der Waals surface area contributed by atoms with E-state index in [9.17, 15) is 9.59 Å². The molecule has 4 nitrogen and oxygen atoms in total. The number of hydrogen-bond acceptors (Lipinski definition) is 3. The van der Waals surface area contributed by atoms with Crippen LogP contribution in [0.15, 0.2) is 84.6 Å². The summed E-state index contributed by atoms with van der Waals surface area (Å²) >= 11 is 12.6. The minimum absolute atomic E-state index is 0.0877. The zero-order valence-corrected chi connectivity index (χ0v) is 18.6. The van der Waals surface area contributed by atoms with E-state index in [-0.39, 0.29) is 11.7 Å². The van der Waals surface area contributed by atoms with Gasteiger partial charge in [-0.1, -0.05) is 65.7 Å². The van der Waals surface area contributed by atoms with E-state index in [4.69, 9.17) is 23.2 Å². The van der Waals surface area contributed by atoms with E-state index in [0.29, 0.717) is 34.1 Å². The molecule has 0 bridgehead atoms. The van der Waals surface area contributed by atoms with Crippen molar-refractivity contribution < 1.29 is 9.59 Å². The van der Waals surface area contributed by atoms with Crippen molar-refractivity contribution in [2.45, 2.75) is 18.9 Å². The molecule has 0 radical (unpaired) electrons. The molecule has 160 valence electrons. The Morgan fingerprint density at radius 2 is 1.69 bits per heavy atom. The fourth-order valence-corrected chi connectivity index (χ4v) is 4.84. The molecule has 3 aromatic carbocycles. The molecular weight excluding hydrogens is 443 g/mol. The van der Waals surface area contributed by atoms with E-state index < -0.39 is 12.0 Å². The highest BCUT2D eigenvalue weighted by molar-refractivity contribution is 6.42. The Morgan fingerprint density at radius 3 is 2.47 bits per heavy atom. The van der Waals surface area contributed by atoms with Crippen LogP contribution in [0.25, 0.3) is 0 Å². The van der Waals surface area contributed by atoms with Gasteiger partial charge in [-0.25, -0.2) is 0 Å². The molecule has 0 unspecified atom stereocenters. The number of Topliss-reactive ketones (excluding diaryl/α,β-unsaturated/α-hetero) is 1. The van der Waals surface area contributed by atoms with Crippen molar-refractivity contribution in [1.82, 2.24) is 0 Å². The number of allylic oxidation sites excluding steroid dienone is 1. The molecule has 3 aromatic rings. The number of rotatable bonds is 2. The molecule has 2 aliphatic rings. The maximum absolute atomic E-state index is 13.9. The Kier molecular flexibility index (Phi) is 5.50. The summed E-state index contributed by atoms with van der Waals surface area (Å²) < 4.78 is 0. The van der Waals surface area contributed by atoms with Gasteiger partial charge in [0.2, 0.25) is 0 Å². The first-order chi connectivity index (χ1) is 15.5. The van der Waals surface area contributed by atoms with Gasteiger partial charge >= 0.3 is 0 Å².